The van der Waals surface area contributed by atoms with E-state index in [9.17, 15) is 0 Å². The van der Waals surface area contributed by atoms with E-state index >= 15 is 0 Å². The summed E-state index contributed by atoms with van der Waals surface area (Å²) in [5.41, 5.74) is 7.95. The zero-order valence-corrected chi connectivity index (χ0v) is 20.2. The van der Waals surface area contributed by atoms with Gasteiger partial charge in [0.1, 0.15) is 0 Å². The zero-order valence-electron chi connectivity index (χ0n) is 17.8. The van der Waals surface area contributed by atoms with E-state index in [0.29, 0.717) is 0 Å². The average Bonchev–Trinajstić information content (AvgIpc) is 2.87. The molecule has 5 aromatic rings. The van der Waals surface area contributed by atoms with E-state index in [4.69, 9.17) is 0 Å². The van der Waals surface area contributed by atoms with Gasteiger partial charge < -0.3 is 4.98 Å². The van der Waals surface area contributed by atoms with E-state index in [1.165, 1.54) is 22.3 Å². The Morgan fingerprint density at radius 3 is 1.88 bits per heavy atom. The fourth-order valence-electron chi connectivity index (χ4n) is 3.30. The largest absolute Gasteiger partial charge is 0.305 e. The Morgan fingerprint density at radius 1 is 0.594 bits per heavy atom. The molecule has 0 aliphatic rings. The minimum atomic E-state index is 0. The molecule has 0 saturated heterocycles. The SMILES string of the molecule is Cc1ccc(-c2ccccc2)cc1-c1ccccn1.[Ir].[c-]1ccccc1-c1ccccn1. The molecule has 2 aromatic heterocycles. The second kappa shape index (κ2) is 11.9. The minimum absolute atomic E-state index is 0. The van der Waals surface area contributed by atoms with Gasteiger partial charge in [-0.1, -0.05) is 60.7 Å². The molecular formula is C29H23IrN2-. The van der Waals surface area contributed by atoms with Gasteiger partial charge in [0, 0.05) is 38.1 Å². The number of nitrogens with zero attached hydrogens (tertiary/aromatic N) is 2. The van der Waals surface area contributed by atoms with Crippen LogP contribution in [0.1, 0.15) is 5.56 Å². The summed E-state index contributed by atoms with van der Waals surface area (Å²) in [6, 6.07) is 39.8. The maximum atomic E-state index is 4.44. The summed E-state index contributed by atoms with van der Waals surface area (Å²) in [5.74, 6) is 0. The molecule has 0 aliphatic carbocycles. The normalized spacial score (nSPS) is 9.78. The Bertz CT molecular complexity index is 1170. The van der Waals surface area contributed by atoms with Crippen LogP contribution in [-0.4, -0.2) is 9.97 Å². The van der Waals surface area contributed by atoms with Gasteiger partial charge in [0.05, 0.1) is 5.69 Å². The van der Waals surface area contributed by atoms with Crippen molar-refractivity contribution in [2.45, 2.75) is 6.92 Å². The molecule has 3 heteroatoms. The molecule has 2 nitrogen and oxygen atoms in total. The van der Waals surface area contributed by atoms with Crippen LogP contribution >= 0.6 is 0 Å². The molecule has 32 heavy (non-hydrogen) atoms. The first-order valence-corrected chi connectivity index (χ1v) is 10.3. The van der Waals surface area contributed by atoms with Gasteiger partial charge in [0.25, 0.3) is 0 Å². The number of aromatic nitrogens is 2. The van der Waals surface area contributed by atoms with E-state index in [2.05, 4.69) is 71.5 Å². The first-order valence-electron chi connectivity index (χ1n) is 10.3. The molecule has 0 amide bonds. The van der Waals surface area contributed by atoms with Crippen LogP contribution in [0.3, 0.4) is 0 Å². The van der Waals surface area contributed by atoms with Crippen molar-refractivity contribution in [1.82, 2.24) is 9.97 Å². The molecule has 1 radical (unpaired) electrons. The van der Waals surface area contributed by atoms with E-state index in [0.717, 1.165) is 17.0 Å². The van der Waals surface area contributed by atoms with E-state index in [1.54, 1.807) is 6.20 Å². The van der Waals surface area contributed by atoms with Crippen molar-refractivity contribution >= 4 is 0 Å². The topological polar surface area (TPSA) is 25.8 Å². The summed E-state index contributed by atoms with van der Waals surface area (Å²) in [6.07, 6.45) is 3.63. The van der Waals surface area contributed by atoms with Gasteiger partial charge in [-0.2, -0.15) is 0 Å². The maximum absolute atomic E-state index is 4.44. The molecule has 0 aliphatic heterocycles. The maximum Gasteiger partial charge on any atom is 0.0704 e. The van der Waals surface area contributed by atoms with E-state index < -0.39 is 0 Å². The van der Waals surface area contributed by atoms with Crippen molar-refractivity contribution in [1.29, 1.82) is 0 Å². The summed E-state index contributed by atoms with van der Waals surface area (Å²) in [7, 11) is 0. The Morgan fingerprint density at radius 2 is 1.25 bits per heavy atom. The Hall–Kier alpha value is -3.39. The van der Waals surface area contributed by atoms with Gasteiger partial charge >= 0.3 is 0 Å². The number of pyridine rings is 2. The van der Waals surface area contributed by atoms with Crippen LogP contribution in [0, 0.1) is 13.0 Å². The minimum Gasteiger partial charge on any atom is -0.305 e. The average molecular weight is 592 g/mol. The van der Waals surface area contributed by atoms with E-state index in [-0.39, 0.29) is 20.1 Å². The quantitative estimate of drug-likeness (QED) is 0.206. The first-order chi connectivity index (χ1) is 15.3. The van der Waals surface area contributed by atoms with Crippen LogP contribution in [0.4, 0.5) is 0 Å². The monoisotopic (exact) mass is 592 g/mol. The van der Waals surface area contributed by atoms with Crippen LogP contribution in [0.2, 0.25) is 0 Å². The van der Waals surface area contributed by atoms with E-state index in [1.807, 2.05) is 66.9 Å². The van der Waals surface area contributed by atoms with Crippen LogP contribution < -0.4 is 0 Å². The first kappa shape index (κ1) is 23.3. The van der Waals surface area contributed by atoms with Crippen molar-refractivity contribution in [2.75, 3.05) is 0 Å². The van der Waals surface area contributed by atoms with Crippen molar-refractivity contribution in [3.05, 3.63) is 133 Å². The van der Waals surface area contributed by atoms with Crippen LogP contribution in [0.5, 0.6) is 0 Å². The molecule has 0 bridgehead atoms. The van der Waals surface area contributed by atoms with Crippen molar-refractivity contribution in [3.63, 3.8) is 0 Å². The number of hydrogen-bond acceptors (Lipinski definition) is 2. The Kier molecular flexibility index (Phi) is 8.62. The van der Waals surface area contributed by atoms with Gasteiger partial charge in [-0.3, -0.25) is 4.98 Å². The molecule has 0 atom stereocenters. The zero-order chi connectivity index (χ0) is 21.3. The summed E-state index contributed by atoms with van der Waals surface area (Å²) in [6.45, 7) is 2.12. The third-order valence-electron chi connectivity index (χ3n) is 4.94. The standard InChI is InChI=1S/C18H15N.C11H8N.Ir/c1-14-10-11-16(15-7-3-2-4-8-15)13-17(14)18-9-5-6-12-19-18;1-2-6-10(7-3-1)11-8-4-5-9-12-11;/h2-13H,1H3;1-6,8-9H;/q;-1;. The van der Waals surface area contributed by atoms with Gasteiger partial charge in [-0.15, -0.1) is 35.9 Å². The molecule has 0 N–H and O–H groups in total. The third-order valence-corrected chi connectivity index (χ3v) is 4.94. The fraction of sp³-hybridized carbons (Fsp3) is 0.0345. The number of aryl methyl sites for hydroxylation is 1. The summed E-state index contributed by atoms with van der Waals surface area (Å²) >= 11 is 0. The molecule has 5 rings (SSSR count). The number of rotatable bonds is 3. The predicted molar refractivity (Wildman–Crippen MR) is 128 cm³/mol. The molecular weight excluding hydrogens is 569 g/mol. The fourth-order valence-corrected chi connectivity index (χ4v) is 3.30. The molecule has 0 fully saturated rings. The van der Waals surface area contributed by atoms with Gasteiger partial charge in [0.15, 0.2) is 0 Å². The molecule has 0 saturated carbocycles. The summed E-state index contributed by atoms with van der Waals surface area (Å²) < 4.78 is 0. The number of benzene rings is 3. The second-order valence-corrected chi connectivity index (χ2v) is 7.10. The Balaban J connectivity index is 0.000000193. The van der Waals surface area contributed by atoms with Crippen molar-refractivity contribution in [2.24, 2.45) is 0 Å². The van der Waals surface area contributed by atoms with Crippen LogP contribution in [-0.2, 0) is 20.1 Å². The molecule has 159 valence electrons. The smallest absolute Gasteiger partial charge is 0.0704 e. The molecule has 3 aromatic carbocycles. The van der Waals surface area contributed by atoms with Gasteiger partial charge in [-0.25, -0.2) is 0 Å². The van der Waals surface area contributed by atoms with Crippen molar-refractivity contribution < 1.29 is 20.1 Å². The third kappa shape index (κ3) is 6.07. The van der Waals surface area contributed by atoms with Gasteiger partial charge in [-0.05, 0) is 53.6 Å². The van der Waals surface area contributed by atoms with Crippen LogP contribution in [0.25, 0.3) is 33.6 Å². The molecule has 2 heterocycles. The second-order valence-electron chi connectivity index (χ2n) is 7.10. The summed E-state index contributed by atoms with van der Waals surface area (Å²) in [5, 5.41) is 0. The molecule has 0 unspecified atom stereocenters. The van der Waals surface area contributed by atoms with Crippen molar-refractivity contribution in [3.8, 4) is 33.6 Å². The molecule has 0 spiro atoms. The Labute approximate surface area is 203 Å². The van der Waals surface area contributed by atoms with Crippen LogP contribution in [0.15, 0.2) is 122 Å². The number of hydrogen-bond donors (Lipinski definition) is 0. The van der Waals surface area contributed by atoms with Gasteiger partial charge in [0.2, 0.25) is 0 Å². The summed E-state index contributed by atoms with van der Waals surface area (Å²) in [4.78, 5) is 8.66. The predicted octanol–water partition coefficient (Wildman–Crippen LogP) is 7.27.